The van der Waals surface area contributed by atoms with Gasteiger partial charge in [0.1, 0.15) is 0 Å². The Hall–Kier alpha value is -1.03. The van der Waals surface area contributed by atoms with Crippen molar-refractivity contribution in [2.75, 3.05) is 6.54 Å². The predicted octanol–water partition coefficient (Wildman–Crippen LogP) is 3.30. The first-order chi connectivity index (χ1) is 8.00. The molecule has 17 heavy (non-hydrogen) atoms. The fourth-order valence-corrected chi connectivity index (χ4v) is 3.18. The molecule has 1 saturated heterocycles. The lowest BCUT2D eigenvalue weighted by atomic mass is 9.88. The maximum Gasteiger partial charge on any atom is 0.416 e. The quantitative estimate of drug-likeness (QED) is 0.795. The molecule has 1 aliphatic carbocycles. The number of benzene rings is 1. The highest BCUT2D eigenvalue weighted by Gasteiger charge is 2.46. The van der Waals surface area contributed by atoms with Crippen molar-refractivity contribution in [2.45, 2.75) is 31.0 Å². The Labute approximate surface area is 98.0 Å². The van der Waals surface area contributed by atoms with E-state index in [1.54, 1.807) is 0 Å². The molecule has 1 aromatic carbocycles. The second kappa shape index (κ2) is 3.48. The molecule has 0 spiro atoms. The van der Waals surface area contributed by atoms with E-state index in [0.29, 0.717) is 5.92 Å². The van der Waals surface area contributed by atoms with Gasteiger partial charge >= 0.3 is 6.18 Å². The van der Waals surface area contributed by atoms with Crippen LogP contribution in [0.1, 0.15) is 30.4 Å². The third-order valence-corrected chi connectivity index (χ3v) is 4.09. The van der Waals surface area contributed by atoms with Crippen LogP contribution in [-0.2, 0) is 11.7 Å². The number of halogens is 3. The Morgan fingerprint density at radius 3 is 2.65 bits per heavy atom. The van der Waals surface area contributed by atoms with Crippen molar-refractivity contribution >= 4 is 0 Å². The van der Waals surface area contributed by atoms with E-state index in [1.165, 1.54) is 12.1 Å². The average Bonchev–Trinajstić information content (AvgIpc) is 2.89. The number of piperidine rings is 1. The smallest absolute Gasteiger partial charge is 0.307 e. The normalized spacial score (nSPS) is 32.1. The number of alkyl halides is 3. The molecule has 0 amide bonds. The maximum absolute atomic E-state index is 12.7. The van der Waals surface area contributed by atoms with Crippen LogP contribution in [0.25, 0.3) is 0 Å². The van der Waals surface area contributed by atoms with Gasteiger partial charge in [-0.3, -0.25) is 0 Å². The van der Waals surface area contributed by atoms with Crippen LogP contribution in [0.4, 0.5) is 13.2 Å². The number of nitrogens with one attached hydrogen (secondary N) is 1. The molecule has 1 heterocycles. The Morgan fingerprint density at radius 1 is 1.29 bits per heavy atom. The summed E-state index contributed by atoms with van der Waals surface area (Å²) in [6.07, 6.45) is -1.18. The molecule has 1 N–H and O–H groups in total. The zero-order valence-electron chi connectivity index (χ0n) is 9.35. The van der Waals surface area contributed by atoms with Crippen molar-refractivity contribution in [3.05, 3.63) is 35.4 Å². The van der Waals surface area contributed by atoms with Crippen molar-refractivity contribution in [2.24, 2.45) is 5.92 Å². The average molecular weight is 241 g/mol. The third kappa shape index (κ3) is 1.75. The standard InChI is InChI=1S/C13H14F3N/c14-13(15,16)11-3-1-2-10(6-11)12-5-4-9(7-12)8-17-12/h1-3,6,9,17H,4-5,7-8H2. The predicted molar refractivity (Wildman–Crippen MR) is 58.5 cm³/mol. The molecule has 2 aliphatic rings. The summed E-state index contributed by atoms with van der Waals surface area (Å²) in [5, 5.41) is 3.40. The summed E-state index contributed by atoms with van der Waals surface area (Å²) in [5.41, 5.74) is 0.0696. The molecule has 2 unspecified atom stereocenters. The third-order valence-electron chi connectivity index (χ3n) is 4.09. The molecule has 2 bridgehead atoms. The van der Waals surface area contributed by atoms with Crippen LogP contribution in [0.5, 0.6) is 0 Å². The van der Waals surface area contributed by atoms with Gasteiger partial charge in [0.15, 0.2) is 0 Å². The summed E-state index contributed by atoms with van der Waals surface area (Å²) in [6.45, 7) is 0.941. The van der Waals surface area contributed by atoms with Gasteiger partial charge < -0.3 is 5.32 Å². The molecule has 92 valence electrons. The molecule has 3 rings (SSSR count). The van der Waals surface area contributed by atoms with E-state index in [0.717, 1.165) is 37.4 Å². The first kappa shape index (κ1) is 11.1. The van der Waals surface area contributed by atoms with Gasteiger partial charge in [-0.25, -0.2) is 0 Å². The van der Waals surface area contributed by atoms with E-state index in [1.807, 2.05) is 6.07 Å². The van der Waals surface area contributed by atoms with Crippen LogP contribution in [-0.4, -0.2) is 6.54 Å². The van der Waals surface area contributed by atoms with Gasteiger partial charge in [-0.1, -0.05) is 12.1 Å². The van der Waals surface area contributed by atoms with Gasteiger partial charge in [0.05, 0.1) is 5.56 Å². The van der Waals surface area contributed by atoms with Gasteiger partial charge in [0, 0.05) is 5.54 Å². The first-order valence-electron chi connectivity index (χ1n) is 5.92. The van der Waals surface area contributed by atoms with Crippen molar-refractivity contribution in [1.82, 2.24) is 5.32 Å². The fraction of sp³-hybridized carbons (Fsp3) is 0.538. The van der Waals surface area contributed by atoms with Crippen molar-refractivity contribution in [3.63, 3.8) is 0 Å². The molecule has 0 radical (unpaired) electrons. The van der Waals surface area contributed by atoms with E-state index in [4.69, 9.17) is 0 Å². The largest absolute Gasteiger partial charge is 0.416 e. The number of rotatable bonds is 1. The monoisotopic (exact) mass is 241 g/mol. The zero-order chi connectivity index (χ0) is 12.1. The summed E-state index contributed by atoms with van der Waals surface area (Å²) in [7, 11) is 0. The highest BCUT2D eigenvalue weighted by Crippen LogP contribution is 2.47. The second-order valence-corrected chi connectivity index (χ2v) is 5.15. The van der Waals surface area contributed by atoms with Crippen molar-refractivity contribution in [3.8, 4) is 0 Å². The van der Waals surface area contributed by atoms with Gasteiger partial charge in [0.25, 0.3) is 0 Å². The lowest BCUT2D eigenvalue weighted by Crippen LogP contribution is -2.37. The van der Waals surface area contributed by atoms with E-state index in [9.17, 15) is 13.2 Å². The summed E-state index contributed by atoms with van der Waals surface area (Å²) in [5.74, 6) is 0.643. The van der Waals surface area contributed by atoms with Crippen LogP contribution in [0.15, 0.2) is 24.3 Å². The minimum absolute atomic E-state index is 0.189. The van der Waals surface area contributed by atoms with Gasteiger partial charge in [-0.15, -0.1) is 0 Å². The zero-order valence-corrected chi connectivity index (χ0v) is 9.35. The first-order valence-corrected chi connectivity index (χ1v) is 5.92. The minimum Gasteiger partial charge on any atom is -0.307 e. The Balaban J connectivity index is 1.99. The molecule has 4 heteroatoms. The number of fused-ring (bicyclic) bond motifs is 2. The molecule has 1 aliphatic heterocycles. The molecule has 1 aromatic rings. The van der Waals surface area contributed by atoms with Crippen LogP contribution in [0.2, 0.25) is 0 Å². The molecule has 1 nitrogen and oxygen atoms in total. The number of hydrogen-bond donors (Lipinski definition) is 1. The van der Waals surface area contributed by atoms with Gasteiger partial charge in [-0.05, 0) is 49.4 Å². The highest BCUT2D eigenvalue weighted by atomic mass is 19.4. The Kier molecular flexibility index (Phi) is 2.27. The fourth-order valence-electron chi connectivity index (χ4n) is 3.18. The number of hydrogen-bond acceptors (Lipinski definition) is 1. The Bertz CT molecular complexity index is 431. The van der Waals surface area contributed by atoms with E-state index < -0.39 is 11.7 Å². The van der Waals surface area contributed by atoms with Crippen molar-refractivity contribution in [1.29, 1.82) is 0 Å². The van der Waals surface area contributed by atoms with Crippen LogP contribution in [0.3, 0.4) is 0 Å². The Morgan fingerprint density at radius 2 is 2.12 bits per heavy atom. The lowest BCUT2D eigenvalue weighted by Gasteiger charge is -2.29. The van der Waals surface area contributed by atoms with E-state index in [2.05, 4.69) is 5.32 Å². The minimum atomic E-state index is -4.25. The molecule has 1 saturated carbocycles. The molecular weight excluding hydrogens is 227 g/mol. The lowest BCUT2D eigenvalue weighted by molar-refractivity contribution is -0.137. The van der Waals surface area contributed by atoms with Crippen LogP contribution >= 0.6 is 0 Å². The van der Waals surface area contributed by atoms with Gasteiger partial charge in [0.2, 0.25) is 0 Å². The van der Waals surface area contributed by atoms with Crippen LogP contribution in [0, 0.1) is 5.92 Å². The molecule has 2 atom stereocenters. The SMILES string of the molecule is FC(F)(F)c1cccc(C23CCC(CN2)C3)c1. The van der Waals surface area contributed by atoms with E-state index in [-0.39, 0.29) is 5.54 Å². The van der Waals surface area contributed by atoms with Crippen LogP contribution < -0.4 is 5.32 Å². The highest BCUT2D eigenvalue weighted by molar-refractivity contribution is 5.33. The molecular formula is C13H14F3N. The maximum atomic E-state index is 12.7. The topological polar surface area (TPSA) is 12.0 Å². The molecule has 2 fully saturated rings. The summed E-state index contributed by atoms with van der Waals surface area (Å²) in [6, 6.07) is 5.78. The summed E-state index contributed by atoms with van der Waals surface area (Å²) in [4.78, 5) is 0. The summed E-state index contributed by atoms with van der Waals surface area (Å²) < 4.78 is 38.0. The second-order valence-electron chi connectivity index (χ2n) is 5.15. The van der Waals surface area contributed by atoms with Crippen molar-refractivity contribution < 1.29 is 13.2 Å². The summed E-state index contributed by atoms with van der Waals surface area (Å²) >= 11 is 0. The van der Waals surface area contributed by atoms with E-state index >= 15 is 0 Å². The van der Waals surface area contributed by atoms with Gasteiger partial charge in [-0.2, -0.15) is 13.2 Å². The molecule has 0 aromatic heterocycles.